The fourth-order valence-electron chi connectivity index (χ4n) is 10.2. The molecule has 10 unspecified atom stereocenters. The molecule has 0 aromatic carbocycles. The van der Waals surface area contributed by atoms with Crippen molar-refractivity contribution >= 4 is 11.9 Å². The molecule has 4 aliphatic rings. The second kappa shape index (κ2) is 26.5. The van der Waals surface area contributed by atoms with Crippen LogP contribution in [0.3, 0.4) is 0 Å². The van der Waals surface area contributed by atoms with Crippen LogP contribution in [0.25, 0.3) is 0 Å². The number of esters is 1. The fraction of sp³-hybridized carbons (Fsp3) is 0.911. The minimum atomic E-state index is -0.564. The third kappa shape index (κ3) is 16.1. The molecule has 1 amide bonds. The summed E-state index contributed by atoms with van der Waals surface area (Å²) in [6, 6.07) is 0.729. The highest BCUT2D eigenvalue weighted by Gasteiger charge is 2.61. The Morgan fingerprint density at radius 1 is 0.930 bits per heavy atom. The molecule has 0 aromatic heterocycles. The van der Waals surface area contributed by atoms with Crippen LogP contribution in [0.15, 0.2) is 12.2 Å². The zero-order chi connectivity index (χ0) is 40.9. The van der Waals surface area contributed by atoms with Gasteiger partial charge in [0.05, 0.1) is 31.0 Å². The second-order valence-corrected chi connectivity index (χ2v) is 18.0. The third-order valence-electron chi connectivity index (χ3n) is 13.2. The van der Waals surface area contributed by atoms with Gasteiger partial charge in [0, 0.05) is 44.8 Å². The largest absolute Gasteiger partial charge is 0.465 e. The van der Waals surface area contributed by atoms with Gasteiger partial charge in [-0.3, -0.25) is 14.9 Å². The molecule has 0 aliphatic carbocycles. The minimum Gasteiger partial charge on any atom is -0.465 e. The van der Waals surface area contributed by atoms with Gasteiger partial charge in [-0.05, 0) is 84.2 Å². The molecule has 1 spiro atoms. The molecule has 0 radical (unpaired) electrons. The van der Waals surface area contributed by atoms with Crippen LogP contribution < -0.4 is 27.0 Å². The lowest BCUT2D eigenvalue weighted by atomic mass is 9.84. The van der Waals surface area contributed by atoms with E-state index in [1.165, 1.54) is 62.7 Å². The topological polar surface area (TPSA) is 177 Å². The van der Waals surface area contributed by atoms with Crippen LogP contribution in [-0.2, 0) is 19.1 Å². The van der Waals surface area contributed by atoms with Crippen molar-refractivity contribution in [3.05, 3.63) is 12.2 Å². The van der Waals surface area contributed by atoms with Crippen molar-refractivity contribution in [3.8, 4) is 0 Å². The maximum atomic E-state index is 13.8. The highest BCUT2D eigenvalue weighted by Crippen LogP contribution is 2.35. The first-order valence-corrected chi connectivity index (χ1v) is 23.7. The first kappa shape index (κ1) is 48.0. The van der Waals surface area contributed by atoms with Crippen LogP contribution in [-0.4, -0.2) is 108 Å². The summed E-state index contributed by atoms with van der Waals surface area (Å²) in [6.45, 7) is 6.46. The van der Waals surface area contributed by atoms with Gasteiger partial charge < -0.3 is 41.0 Å². The van der Waals surface area contributed by atoms with Gasteiger partial charge in [-0.25, -0.2) is 5.32 Å². The van der Waals surface area contributed by atoms with Crippen molar-refractivity contribution in [2.75, 3.05) is 32.8 Å². The Kier molecular flexibility index (Phi) is 22.4. The number of nitrogens with two attached hydrogens (primary N) is 2. The maximum Gasteiger partial charge on any atom is 0.316 e. The molecule has 57 heavy (non-hydrogen) atoms. The molecule has 12 heteroatoms. The van der Waals surface area contributed by atoms with Crippen molar-refractivity contribution in [2.45, 2.75) is 223 Å². The molecule has 0 aromatic rings. The monoisotopic (exact) mass is 806 g/mol. The van der Waals surface area contributed by atoms with Gasteiger partial charge in [-0.15, -0.1) is 0 Å². The number of allylic oxidation sites excluding steroid dienone is 1. The van der Waals surface area contributed by atoms with Gasteiger partial charge in [-0.2, -0.15) is 0 Å². The summed E-state index contributed by atoms with van der Waals surface area (Å²) < 4.78 is 12.8. The first-order valence-electron chi connectivity index (χ1n) is 23.7. The number of ether oxygens (including phenoxy) is 2. The molecule has 12 nitrogen and oxygen atoms in total. The Bertz CT molecular complexity index is 1160. The highest BCUT2D eigenvalue weighted by atomic mass is 16.5. The van der Waals surface area contributed by atoms with E-state index in [0.717, 1.165) is 89.9 Å². The lowest BCUT2D eigenvalue weighted by molar-refractivity contribution is -0.982. The number of aliphatic hydroxyl groups is 2. The average molecular weight is 806 g/mol. The summed E-state index contributed by atoms with van der Waals surface area (Å²) in [6.07, 6.45) is 29.4. The molecule has 3 fully saturated rings. The van der Waals surface area contributed by atoms with Crippen molar-refractivity contribution < 1.29 is 34.2 Å². The number of carbonyl (C=O) groups is 2. The number of hydrogen-bond donors (Lipinski definition) is 7. The Labute approximate surface area is 346 Å². The number of hydrogen-bond acceptors (Lipinski definition) is 10. The predicted molar refractivity (Wildman–Crippen MR) is 227 cm³/mol. The summed E-state index contributed by atoms with van der Waals surface area (Å²) in [5.74, 6) is -0.0733. The second-order valence-electron chi connectivity index (χ2n) is 18.0. The smallest absolute Gasteiger partial charge is 0.316 e. The van der Waals surface area contributed by atoms with Crippen LogP contribution in [0.5, 0.6) is 0 Å². The number of unbranched alkanes of at least 4 members (excludes halogenated alkanes) is 12. The van der Waals surface area contributed by atoms with E-state index in [1.807, 2.05) is 6.92 Å². The maximum absolute atomic E-state index is 13.8. The van der Waals surface area contributed by atoms with Crippen molar-refractivity contribution in [3.63, 3.8) is 0 Å². The van der Waals surface area contributed by atoms with E-state index in [-0.39, 0.29) is 54.1 Å². The molecule has 9 N–H and O–H groups in total. The van der Waals surface area contributed by atoms with Gasteiger partial charge in [0.15, 0.2) is 0 Å². The van der Waals surface area contributed by atoms with Gasteiger partial charge >= 0.3 is 5.97 Å². The Balaban J connectivity index is 1.06. The standard InChI is InChI=1S/C45H84N6O6/c1-3-38-22-16-17-28-45(57-38)33-36-25-26-40-42(39(23-19-21-35(2)52)48-44(49-45)51(36)40)43(55)56-32-18-14-12-10-8-6-4-5-7-9-11-13-15-24-41(54)50(31-20-29-46)34-37(53)27-30-47/h16,22,35-40,42,44,48-49,52-53H,3-15,17-21,23-34,46-47H2,1-2H3/p+1. The molecular weight excluding hydrogens is 721 g/mol. The fourth-order valence-corrected chi connectivity index (χ4v) is 10.2. The van der Waals surface area contributed by atoms with E-state index >= 15 is 0 Å². The quantitative estimate of drug-likeness (QED) is 0.0323. The first-order chi connectivity index (χ1) is 27.7. The van der Waals surface area contributed by atoms with Crippen molar-refractivity contribution in [1.29, 1.82) is 0 Å². The zero-order valence-electron chi connectivity index (χ0n) is 36.1. The van der Waals surface area contributed by atoms with E-state index < -0.39 is 6.10 Å². The molecule has 4 aliphatic heterocycles. The summed E-state index contributed by atoms with van der Waals surface area (Å²) in [7, 11) is 0. The Hall–Kier alpha value is -1.64. The predicted octanol–water partition coefficient (Wildman–Crippen LogP) is 4.55. The van der Waals surface area contributed by atoms with Gasteiger partial charge in [0.25, 0.3) is 0 Å². The molecule has 0 bridgehead atoms. The molecular formula is C45H85N6O6+. The molecule has 10 atom stereocenters. The van der Waals surface area contributed by atoms with Crippen LogP contribution in [0, 0.1) is 5.92 Å². The summed E-state index contributed by atoms with van der Waals surface area (Å²) >= 11 is 0. The van der Waals surface area contributed by atoms with Gasteiger partial charge in [0.1, 0.15) is 17.7 Å². The number of nitrogens with zero attached hydrogens (tertiary/aromatic N) is 1. The summed E-state index contributed by atoms with van der Waals surface area (Å²) in [5, 5.41) is 28.0. The lowest BCUT2D eigenvalue weighted by Crippen LogP contribution is -3.28. The number of nitrogens with one attached hydrogen (secondary N) is 3. The molecule has 4 heterocycles. The van der Waals surface area contributed by atoms with Crippen molar-refractivity contribution in [2.24, 2.45) is 17.4 Å². The summed E-state index contributed by atoms with van der Waals surface area (Å²) in [5.41, 5.74) is 10.9. The van der Waals surface area contributed by atoms with E-state index in [0.29, 0.717) is 51.7 Å². The van der Waals surface area contributed by atoms with E-state index in [9.17, 15) is 19.8 Å². The van der Waals surface area contributed by atoms with Gasteiger partial charge in [0.2, 0.25) is 12.2 Å². The minimum absolute atomic E-state index is 0.0226. The van der Waals surface area contributed by atoms with E-state index in [2.05, 4.69) is 29.7 Å². The number of aliphatic hydroxyl groups excluding tert-OH is 2. The SMILES string of the molecule is CCC1C=CCCC2(CC3CCC4C(C(=O)OCCCCCCCCCCCCCCCC(=O)N(CCCN)CC(O)CCN)C(CCCC(C)O)NC(N2)[NH+]34)O1. The molecule has 3 saturated heterocycles. The Morgan fingerprint density at radius 2 is 1.61 bits per heavy atom. The number of amides is 1. The van der Waals surface area contributed by atoms with Crippen LogP contribution in [0.4, 0.5) is 0 Å². The molecule has 330 valence electrons. The normalized spacial score (nSPS) is 29.2. The molecule has 0 saturated carbocycles. The van der Waals surface area contributed by atoms with Crippen LogP contribution in [0.2, 0.25) is 0 Å². The van der Waals surface area contributed by atoms with Crippen LogP contribution in [0.1, 0.15) is 174 Å². The number of quaternary nitrogens is 1. The lowest BCUT2D eigenvalue weighted by Gasteiger charge is -2.53. The van der Waals surface area contributed by atoms with Gasteiger partial charge in [-0.1, -0.05) is 89.7 Å². The average Bonchev–Trinajstić information content (AvgIpc) is 3.50. The molecule has 4 rings (SSSR count). The van der Waals surface area contributed by atoms with E-state index in [4.69, 9.17) is 20.9 Å². The van der Waals surface area contributed by atoms with Crippen LogP contribution >= 0.6 is 0 Å². The van der Waals surface area contributed by atoms with Crippen molar-refractivity contribution in [1.82, 2.24) is 15.5 Å². The Morgan fingerprint density at radius 3 is 2.26 bits per heavy atom. The highest BCUT2D eigenvalue weighted by molar-refractivity contribution is 5.76. The summed E-state index contributed by atoms with van der Waals surface area (Å²) in [4.78, 5) is 29.8. The zero-order valence-corrected chi connectivity index (χ0v) is 36.1. The number of carbonyl (C=O) groups excluding carboxylic acids is 2. The van der Waals surface area contributed by atoms with E-state index in [1.54, 1.807) is 4.90 Å². The number of rotatable bonds is 29. The third-order valence-corrected chi connectivity index (χ3v) is 13.2.